The normalized spacial score (nSPS) is 15.7. The lowest BCUT2D eigenvalue weighted by Gasteiger charge is -2.15. The number of nitrogens with zero attached hydrogens (tertiary/aromatic N) is 2. The molecule has 5 rings (SSSR count). The van der Waals surface area contributed by atoms with Gasteiger partial charge in [-0.15, -0.1) is 12.4 Å². The fourth-order valence-electron chi connectivity index (χ4n) is 4.97. The molecule has 0 saturated carbocycles. The van der Waals surface area contributed by atoms with E-state index >= 15 is 0 Å². The highest BCUT2D eigenvalue weighted by Gasteiger charge is 2.25. The average molecular weight is 460 g/mol. The number of likely N-dealkylation sites (tertiary alicyclic amines) is 1. The summed E-state index contributed by atoms with van der Waals surface area (Å²) in [6.07, 6.45) is 2.94. The molecular weight excluding hydrogens is 434 g/mol. The second-order valence-electron chi connectivity index (χ2n) is 8.45. The molecule has 0 bridgehead atoms. The van der Waals surface area contributed by atoms with Crippen LogP contribution in [0.3, 0.4) is 0 Å². The van der Waals surface area contributed by atoms with Gasteiger partial charge >= 0.3 is 6.16 Å². The Labute approximate surface area is 190 Å². The van der Waals surface area contributed by atoms with E-state index in [1.807, 2.05) is 0 Å². The van der Waals surface area contributed by atoms with Gasteiger partial charge in [0.2, 0.25) is 5.75 Å². The number of hydrogen-bond acceptors (Lipinski definition) is 5. The third-order valence-corrected chi connectivity index (χ3v) is 6.53. The third-order valence-electron chi connectivity index (χ3n) is 6.53. The van der Waals surface area contributed by atoms with Crippen LogP contribution in [-0.2, 0) is 26.4 Å². The number of benzene rings is 1. The maximum absolute atomic E-state index is 12.5. The van der Waals surface area contributed by atoms with Crippen molar-refractivity contribution in [1.29, 1.82) is 0 Å². The molecule has 2 aliphatic rings. The van der Waals surface area contributed by atoms with Crippen LogP contribution in [0, 0.1) is 0 Å². The van der Waals surface area contributed by atoms with E-state index < -0.39 is 23.2 Å². The Hall–Kier alpha value is -2.97. The quantitative estimate of drug-likeness (QED) is 0.514. The highest BCUT2D eigenvalue weighted by molar-refractivity contribution is 5.89. The molecule has 1 saturated heterocycles. The number of pyridine rings is 1. The van der Waals surface area contributed by atoms with Gasteiger partial charge < -0.3 is 24.5 Å². The molecule has 32 heavy (non-hydrogen) atoms. The van der Waals surface area contributed by atoms with Gasteiger partial charge in [-0.1, -0.05) is 0 Å². The monoisotopic (exact) mass is 459 g/mol. The van der Waals surface area contributed by atoms with E-state index in [9.17, 15) is 14.7 Å². The number of aryl methyl sites for hydroxylation is 2. The number of aromatic hydroxyl groups is 1. The van der Waals surface area contributed by atoms with Crippen LogP contribution in [0.2, 0.25) is 0 Å². The van der Waals surface area contributed by atoms with Gasteiger partial charge in [0, 0.05) is 41.3 Å². The van der Waals surface area contributed by atoms with E-state index in [0.717, 1.165) is 54.5 Å². The molecule has 1 fully saturated rings. The highest BCUT2D eigenvalue weighted by Crippen LogP contribution is 2.40. The molecule has 0 radical (unpaired) electrons. The summed E-state index contributed by atoms with van der Waals surface area (Å²) < 4.78 is 6.78. The molecule has 8 nitrogen and oxygen atoms in total. The number of halogens is 1. The number of aromatic amines is 1. The van der Waals surface area contributed by atoms with E-state index in [-0.39, 0.29) is 12.4 Å². The van der Waals surface area contributed by atoms with Gasteiger partial charge in [-0.2, -0.15) is 0 Å². The maximum atomic E-state index is 12.5. The molecule has 0 atom stereocenters. The Morgan fingerprint density at radius 2 is 1.91 bits per heavy atom. The second-order valence-corrected chi connectivity index (χ2v) is 8.45. The lowest BCUT2D eigenvalue weighted by Crippen LogP contribution is -2.19. The Morgan fingerprint density at radius 1 is 1.16 bits per heavy atom. The summed E-state index contributed by atoms with van der Waals surface area (Å²) in [5, 5.41) is 20.6. The average Bonchev–Trinajstić information content (AvgIpc) is 3.30. The minimum atomic E-state index is -1.63. The van der Waals surface area contributed by atoms with Crippen molar-refractivity contribution >= 4 is 29.5 Å². The number of carbonyl (C=O) groups is 1. The lowest BCUT2D eigenvalue weighted by atomic mass is 9.99. The first-order valence-electron chi connectivity index (χ1n) is 10.6. The zero-order valence-electron chi connectivity index (χ0n) is 17.8. The number of ether oxygens (including phenoxy) is 1. The van der Waals surface area contributed by atoms with Gasteiger partial charge in [0.25, 0.3) is 5.56 Å². The fraction of sp³-hybridized carbons (Fsp3) is 0.391. The topological polar surface area (TPSA) is 108 Å². The number of nitrogens with one attached hydrogen (secondary N) is 1. The summed E-state index contributed by atoms with van der Waals surface area (Å²) in [5.41, 5.74) is 4.67. The summed E-state index contributed by atoms with van der Waals surface area (Å²) in [5.74, 6) is -0.958. The number of carboxylic acid groups (broad SMARTS) is 1. The molecule has 170 valence electrons. The summed E-state index contributed by atoms with van der Waals surface area (Å²) in [6.45, 7) is 3.18. The van der Waals surface area contributed by atoms with Crippen molar-refractivity contribution in [2.45, 2.75) is 38.6 Å². The zero-order valence-corrected chi connectivity index (χ0v) is 18.6. The summed E-state index contributed by atoms with van der Waals surface area (Å²) in [7, 11) is 2.09. The van der Waals surface area contributed by atoms with Crippen molar-refractivity contribution in [3.05, 3.63) is 45.4 Å². The van der Waals surface area contributed by atoms with Crippen LogP contribution in [0.15, 0.2) is 23.0 Å². The van der Waals surface area contributed by atoms with Gasteiger partial charge in [0.15, 0.2) is 5.75 Å². The number of H-pyrrole nitrogens is 1. The van der Waals surface area contributed by atoms with E-state index in [4.69, 9.17) is 5.11 Å². The molecular formula is C23H26ClN3O5. The van der Waals surface area contributed by atoms with Crippen LogP contribution in [0.4, 0.5) is 4.79 Å². The Balaban J connectivity index is 0.00000245. The molecule has 2 aromatic heterocycles. The minimum absolute atomic E-state index is 0. The Kier molecular flexibility index (Phi) is 5.92. The standard InChI is InChI=1S/C23H25N3O5.ClH/c1-25-15(12-26-7-2-3-8-26)9-14-10-17-13(11-18(14)25)5-4-6-16-19(17)24-22(28)21(20(16)27)31-23(29)30;/h9-11H,2-8,12H2,1H3,(H,29,30)(H2,24,27,28);1H. The van der Waals surface area contributed by atoms with Crippen molar-refractivity contribution in [3.8, 4) is 22.8 Å². The first-order chi connectivity index (χ1) is 14.9. The number of rotatable bonds is 3. The zero-order chi connectivity index (χ0) is 21.7. The maximum Gasteiger partial charge on any atom is 0.511 e. The van der Waals surface area contributed by atoms with Crippen LogP contribution >= 0.6 is 12.4 Å². The summed E-state index contributed by atoms with van der Waals surface area (Å²) in [6, 6.07) is 6.43. The van der Waals surface area contributed by atoms with Crippen molar-refractivity contribution in [2.75, 3.05) is 13.1 Å². The first kappa shape index (κ1) is 22.2. The minimum Gasteiger partial charge on any atom is -0.504 e. The van der Waals surface area contributed by atoms with Crippen LogP contribution in [0.1, 0.15) is 36.1 Å². The van der Waals surface area contributed by atoms with E-state index in [1.165, 1.54) is 18.5 Å². The van der Waals surface area contributed by atoms with Crippen LogP contribution in [-0.4, -0.2) is 43.9 Å². The molecule has 0 unspecified atom stereocenters. The molecule has 9 heteroatoms. The van der Waals surface area contributed by atoms with Gasteiger partial charge in [-0.25, -0.2) is 4.79 Å². The van der Waals surface area contributed by atoms with Gasteiger partial charge in [0.05, 0.1) is 5.69 Å². The SMILES string of the molecule is Cl.Cn1c(CN2CCCC2)cc2cc3c(cc21)CCCc1c-3[nH]c(=O)c(OC(=O)O)c1O. The number of aromatic nitrogens is 2. The van der Waals surface area contributed by atoms with Gasteiger partial charge in [0.1, 0.15) is 0 Å². The van der Waals surface area contributed by atoms with Crippen LogP contribution in [0.25, 0.3) is 22.2 Å². The summed E-state index contributed by atoms with van der Waals surface area (Å²) >= 11 is 0. The third kappa shape index (κ3) is 3.73. The molecule has 3 N–H and O–H groups in total. The van der Waals surface area contributed by atoms with Crippen LogP contribution < -0.4 is 10.3 Å². The molecule has 3 aromatic rings. The van der Waals surface area contributed by atoms with E-state index in [1.54, 1.807) is 0 Å². The van der Waals surface area contributed by atoms with Crippen molar-refractivity contribution in [3.63, 3.8) is 0 Å². The molecule has 1 aromatic carbocycles. The van der Waals surface area contributed by atoms with Crippen molar-refractivity contribution in [2.24, 2.45) is 7.05 Å². The number of hydrogen-bond donors (Lipinski definition) is 3. The Morgan fingerprint density at radius 3 is 2.62 bits per heavy atom. The lowest BCUT2D eigenvalue weighted by molar-refractivity contribution is 0.142. The largest absolute Gasteiger partial charge is 0.511 e. The van der Waals surface area contributed by atoms with E-state index in [2.05, 4.69) is 44.4 Å². The molecule has 1 aliphatic heterocycles. The predicted octanol–water partition coefficient (Wildman–Crippen LogP) is 3.80. The van der Waals surface area contributed by atoms with Gasteiger partial charge in [-0.05, 0) is 69.0 Å². The summed E-state index contributed by atoms with van der Waals surface area (Å²) in [4.78, 5) is 28.6. The molecule has 1 aliphatic carbocycles. The van der Waals surface area contributed by atoms with Crippen LogP contribution in [0.5, 0.6) is 11.5 Å². The van der Waals surface area contributed by atoms with Crippen molar-refractivity contribution in [1.82, 2.24) is 14.5 Å². The molecule has 0 amide bonds. The molecule has 0 spiro atoms. The second kappa shape index (κ2) is 8.52. The van der Waals surface area contributed by atoms with Crippen molar-refractivity contribution < 1.29 is 19.7 Å². The van der Waals surface area contributed by atoms with Gasteiger partial charge in [-0.3, -0.25) is 9.69 Å². The fourth-order valence-corrected chi connectivity index (χ4v) is 4.97. The molecule has 3 heterocycles. The highest BCUT2D eigenvalue weighted by atomic mass is 35.5. The predicted molar refractivity (Wildman–Crippen MR) is 123 cm³/mol. The smallest absolute Gasteiger partial charge is 0.504 e. The number of fused-ring (bicyclic) bond motifs is 4. The first-order valence-corrected chi connectivity index (χ1v) is 10.6. The van der Waals surface area contributed by atoms with E-state index in [0.29, 0.717) is 17.7 Å². The Bertz CT molecular complexity index is 1260.